The first-order valence-electron chi connectivity index (χ1n) is 8.68. The third kappa shape index (κ3) is 4.84. The molecule has 3 aromatic rings. The number of ketones is 1. The van der Waals surface area contributed by atoms with E-state index in [1.54, 1.807) is 36.4 Å². The molecule has 1 heterocycles. The summed E-state index contributed by atoms with van der Waals surface area (Å²) in [7, 11) is -3.37. The van der Waals surface area contributed by atoms with Crippen molar-refractivity contribution in [3.05, 3.63) is 75.6 Å². The molecule has 0 unspecified atom stereocenters. The fraction of sp³-hybridized carbons (Fsp3) is 0.100. The normalized spacial score (nSPS) is 11.3. The molecule has 3 N–H and O–H groups in total. The van der Waals surface area contributed by atoms with Gasteiger partial charge in [0, 0.05) is 5.69 Å². The van der Waals surface area contributed by atoms with Gasteiger partial charge in [0.1, 0.15) is 10.7 Å². The Labute approximate surface area is 188 Å². The number of nitrogens with one attached hydrogen (secondary N) is 1. The van der Waals surface area contributed by atoms with Crippen LogP contribution in [0.5, 0.6) is 0 Å². The molecule has 0 radical (unpaired) electrons. The molecule has 3 rings (SSSR count). The van der Waals surface area contributed by atoms with Gasteiger partial charge in [0.2, 0.25) is 5.78 Å². The molecule has 6 nitrogen and oxygen atoms in total. The van der Waals surface area contributed by atoms with E-state index >= 15 is 0 Å². The molecule has 0 saturated carbocycles. The first-order valence-corrected chi connectivity index (χ1v) is 11.9. The van der Waals surface area contributed by atoms with Crippen LogP contribution in [-0.2, 0) is 9.84 Å². The predicted molar refractivity (Wildman–Crippen MR) is 123 cm³/mol. The molecular formula is C20H17Cl2N3O3S2. The van der Waals surface area contributed by atoms with Gasteiger partial charge >= 0.3 is 0 Å². The number of allylic oxidation sites excluding steroid dienone is 1. The number of thiazole rings is 1. The Hall–Kier alpha value is -2.39. The topological polar surface area (TPSA) is 102 Å². The number of nitrogens with two attached hydrogens (primary N) is 1. The number of nitrogen functional groups attached to an aromatic ring is 1. The molecule has 0 aliphatic heterocycles. The first kappa shape index (κ1) is 22.3. The van der Waals surface area contributed by atoms with Crippen LogP contribution in [0.2, 0.25) is 10.0 Å². The monoisotopic (exact) mass is 481 g/mol. The summed E-state index contributed by atoms with van der Waals surface area (Å²) in [5.74, 6) is -0.369. The van der Waals surface area contributed by atoms with Gasteiger partial charge in [-0.2, -0.15) is 0 Å². The minimum absolute atomic E-state index is 0.00235. The van der Waals surface area contributed by atoms with Crippen molar-refractivity contribution in [2.45, 2.75) is 11.3 Å². The van der Waals surface area contributed by atoms with E-state index in [0.717, 1.165) is 11.3 Å². The number of sulfone groups is 1. The summed E-state index contributed by atoms with van der Waals surface area (Å²) >= 11 is 13.3. The quantitative estimate of drug-likeness (QED) is 0.331. The fourth-order valence-corrected chi connectivity index (χ4v) is 5.29. The van der Waals surface area contributed by atoms with Crippen molar-refractivity contribution in [1.29, 1.82) is 0 Å². The molecule has 0 amide bonds. The number of carbonyl (C=O) groups excluding carboxylic acids is 1. The molecule has 2 aromatic carbocycles. The van der Waals surface area contributed by atoms with Gasteiger partial charge in [0.15, 0.2) is 15.0 Å². The lowest BCUT2D eigenvalue weighted by Crippen LogP contribution is -2.06. The number of aromatic nitrogens is 1. The van der Waals surface area contributed by atoms with Crippen LogP contribution < -0.4 is 11.1 Å². The summed E-state index contributed by atoms with van der Waals surface area (Å²) in [4.78, 5) is 17.4. The van der Waals surface area contributed by atoms with Gasteiger partial charge in [0.25, 0.3) is 0 Å². The zero-order valence-electron chi connectivity index (χ0n) is 15.6. The van der Waals surface area contributed by atoms with Crippen LogP contribution in [0.25, 0.3) is 0 Å². The van der Waals surface area contributed by atoms with Crippen molar-refractivity contribution >= 4 is 66.8 Å². The molecule has 30 heavy (non-hydrogen) atoms. The highest BCUT2D eigenvalue weighted by atomic mass is 35.5. The Morgan fingerprint density at radius 1 is 1.17 bits per heavy atom. The summed E-state index contributed by atoms with van der Waals surface area (Å²) in [6.45, 7) is 3.54. The number of carbonyl (C=O) groups is 1. The van der Waals surface area contributed by atoms with Gasteiger partial charge in [-0.05, 0) is 42.8 Å². The molecule has 0 bridgehead atoms. The second-order valence-corrected chi connectivity index (χ2v) is 10.1. The number of hydrogen-bond donors (Lipinski definition) is 2. The zero-order valence-corrected chi connectivity index (χ0v) is 18.7. The number of anilines is 3. The van der Waals surface area contributed by atoms with E-state index in [0.29, 0.717) is 17.2 Å². The standard InChI is InChI=1S/C20H17Cl2N3O3S2/c1-2-3-11-30(27,28)13-9-7-12(8-10-13)24-20-25-19(23)18(29-20)17(26)16-14(21)5-4-6-15(16)22/h2,4-10H,1,3,11,23H2,(H,24,25). The maximum atomic E-state index is 12.8. The van der Waals surface area contributed by atoms with Crippen LogP contribution in [0.4, 0.5) is 16.6 Å². The summed E-state index contributed by atoms with van der Waals surface area (Å²) in [5, 5.41) is 3.85. The van der Waals surface area contributed by atoms with Crippen molar-refractivity contribution in [2.24, 2.45) is 0 Å². The van der Waals surface area contributed by atoms with Crippen LogP contribution in [0, 0.1) is 0 Å². The Morgan fingerprint density at radius 3 is 2.40 bits per heavy atom. The molecule has 0 fully saturated rings. The largest absolute Gasteiger partial charge is 0.382 e. The van der Waals surface area contributed by atoms with Crippen molar-refractivity contribution < 1.29 is 13.2 Å². The van der Waals surface area contributed by atoms with Crippen LogP contribution in [0.3, 0.4) is 0 Å². The van der Waals surface area contributed by atoms with Crippen LogP contribution in [0.1, 0.15) is 21.7 Å². The number of halogens is 2. The number of nitrogens with zero attached hydrogens (tertiary/aromatic N) is 1. The zero-order chi connectivity index (χ0) is 21.9. The highest BCUT2D eigenvalue weighted by Gasteiger charge is 2.22. The van der Waals surface area contributed by atoms with Crippen molar-refractivity contribution in [3.8, 4) is 0 Å². The van der Waals surface area contributed by atoms with Gasteiger partial charge in [-0.1, -0.05) is 46.7 Å². The molecule has 0 aliphatic rings. The fourth-order valence-electron chi connectivity index (χ4n) is 2.60. The van der Waals surface area contributed by atoms with Crippen LogP contribution in [0.15, 0.2) is 60.0 Å². The van der Waals surface area contributed by atoms with Crippen LogP contribution >= 0.6 is 34.5 Å². The van der Waals surface area contributed by atoms with E-state index in [2.05, 4.69) is 16.9 Å². The Morgan fingerprint density at radius 2 is 1.80 bits per heavy atom. The van der Waals surface area contributed by atoms with Crippen LogP contribution in [-0.4, -0.2) is 24.9 Å². The average Bonchev–Trinajstić information content (AvgIpc) is 3.06. The van der Waals surface area contributed by atoms with E-state index in [9.17, 15) is 13.2 Å². The van der Waals surface area contributed by atoms with Crippen molar-refractivity contribution in [1.82, 2.24) is 4.98 Å². The number of rotatable bonds is 8. The van der Waals surface area contributed by atoms with Gasteiger partial charge in [-0.25, -0.2) is 13.4 Å². The average molecular weight is 482 g/mol. The maximum absolute atomic E-state index is 12.8. The van der Waals surface area contributed by atoms with E-state index < -0.39 is 15.6 Å². The highest BCUT2D eigenvalue weighted by Crippen LogP contribution is 2.34. The second-order valence-electron chi connectivity index (χ2n) is 6.20. The Kier molecular flexibility index (Phi) is 6.82. The van der Waals surface area contributed by atoms with Crippen molar-refractivity contribution in [3.63, 3.8) is 0 Å². The molecule has 0 saturated heterocycles. The predicted octanol–water partition coefficient (Wildman–Crippen LogP) is 5.36. The van der Waals surface area contributed by atoms with Gasteiger partial charge in [-0.15, -0.1) is 6.58 Å². The van der Waals surface area contributed by atoms with Gasteiger partial charge in [0.05, 0.1) is 26.3 Å². The minimum Gasteiger partial charge on any atom is -0.382 e. The Balaban J connectivity index is 1.81. The van der Waals surface area contributed by atoms with E-state index in [1.165, 1.54) is 12.1 Å². The highest BCUT2D eigenvalue weighted by molar-refractivity contribution is 7.91. The molecule has 1 aromatic heterocycles. The lowest BCUT2D eigenvalue weighted by molar-refractivity contribution is 0.104. The molecule has 0 atom stereocenters. The third-order valence-electron chi connectivity index (χ3n) is 4.10. The Bertz CT molecular complexity index is 1190. The lowest BCUT2D eigenvalue weighted by Gasteiger charge is -2.06. The summed E-state index contributed by atoms with van der Waals surface area (Å²) in [6, 6.07) is 11.0. The number of benzene rings is 2. The van der Waals surface area contributed by atoms with Gasteiger partial charge in [-0.3, -0.25) is 4.79 Å². The van der Waals surface area contributed by atoms with E-state index in [1.807, 2.05) is 0 Å². The first-order chi connectivity index (χ1) is 14.2. The smallest absolute Gasteiger partial charge is 0.209 e. The van der Waals surface area contributed by atoms with E-state index in [4.69, 9.17) is 28.9 Å². The summed E-state index contributed by atoms with van der Waals surface area (Å²) in [6.07, 6.45) is 1.95. The van der Waals surface area contributed by atoms with Crippen molar-refractivity contribution in [2.75, 3.05) is 16.8 Å². The molecule has 0 aliphatic carbocycles. The maximum Gasteiger partial charge on any atom is 0.209 e. The molecule has 10 heteroatoms. The summed E-state index contributed by atoms with van der Waals surface area (Å²) in [5.41, 5.74) is 6.69. The van der Waals surface area contributed by atoms with E-state index in [-0.39, 0.29) is 37.0 Å². The third-order valence-corrected chi connectivity index (χ3v) is 7.48. The number of hydrogen-bond acceptors (Lipinski definition) is 7. The lowest BCUT2D eigenvalue weighted by atomic mass is 10.1. The molecule has 156 valence electrons. The SMILES string of the molecule is C=CCCS(=O)(=O)c1ccc(Nc2nc(N)c(C(=O)c3c(Cl)cccc3Cl)s2)cc1. The molecule has 0 spiro atoms. The molecular weight excluding hydrogens is 465 g/mol. The summed E-state index contributed by atoms with van der Waals surface area (Å²) < 4.78 is 24.4. The second kappa shape index (κ2) is 9.18. The van der Waals surface area contributed by atoms with Gasteiger partial charge < -0.3 is 11.1 Å². The minimum atomic E-state index is -3.37.